The van der Waals surface area contributed by atoms with Gasteiger partial charge in [-0.25, -0.2) is 9.59 Å². The van der Waals surface area contributed by atoms with Crippen molar-refractivity contribution in [2.75, 3.05) is 19.8 Å². The smallest absolute Gasteiger partial charge is 0.330 e. The van der Waals surface area contributed by atoms with Gasteiger partial charge in [-0.05, 0) is 30.7 Å². The van der Waals surface area contributed by atoms with Gasteiger partial charge in [0.2, 0.25) is 0 Å². The van der Waals surface area contributed by atoms with Gasteiger partial charge in [-0.2, -0.15) is 0 Å². The van der Waals surface area contributed by atoms with Crippen LogP contribution < -0.4 is 4.74 Å². The molecule has 22 heavy (non-hydrogen) atoms. The summed E-state index contributed by atoms with van der Waals surface area (Å²) in [7, 11) is 0. The normalized spacial score (nSPS) is 10.2. The largest absolute Gasteiger partial charge is 0.494 e. The second-order valence-electron chi connectivity index (χ2n) is 4.23. The maximum absolute atomic E-state index is 11.5. The third-order valence-corrected chi connectivity index (χ3v) is 2.55. The van der Waals surface area contributed by atoms with Gasteiger partial charge in [0, 0.05) is 18.6 Å². The molecule has 0 spiro atoms. The molecule has 118 valence electrons. The molecule has 0 aliphatic rings. The first-order chi connectivity index (χ1) is 10.7. The van der Waals surface area contributed by atoms with E-state index in [1.165, 1.54) is 6.08 Å². The van der Waals surface area contributed by atoms with Crippen molar-refractivity contribution in [2.45, 2.75) is 13.3 Å². The molecule has 0 heterocycles. The van der Waals surface area contributed by atoms with Crippen LogP contribution in [-0.4, -0.2) is 31.8 Å². The lowest BCUT2D eigenvalue weighted by molar-refractivity contribution is -0.140. The fourth-order valence-electron chi connectivity index (χ4n) is 1.52. The van der Waals surface area contributed by atoms with Crippen LogP contribution in [0.1, 0.15) is 18.9 Å². The Labute approximate surface area is 130 Å². The van der Waals surface area contributed by atoms with E-state index in [1.54, 1.807) is 6.08 Å². The summed E-state index contributed by atoms with van der Waals surface area (Å²) in [6.07, 6.45) is 4.55. The second kappa shape index (κ2) is 10.2. The zero-order valence-electron chi connectivity index (χ0n) is 12.6. The third kappa shape index (κ3) is 7.28. The molecule has 1 aromatic carbocycles. The van der Waals surface area contributed by atoms with Gasteiger partial charge < -0.3 is 14.2 Å². The van der Waals surface area contributed by atoms with E-state index in [0.29, 0.717) is 13.0 Å². The monoisotopic (exact) mass is 304 g/mol. The summed E-state index contributed by atoms with van der Waals surface area (Å²) in [6, 6.07) is 7.37. The number of benzene rings is 1. The van der Waals surface area contributed by atoms with Crippen molar-refractivity contribution in [1.82, 2.24) is 0 Å². The van der Waals surface area contributed by atoms with Gasteiger partial charge in [0.15, 0.2) is 0 Å². The molecule has 0 fully saturated rings. The van der Waals surface area contributed by atoms with Crippen LogP contribution in [0.2, 0.25) is 0 Å². The van der Waals surface area contributed by atoms with Crippen LogP contribution in [0.5, 0.6) is 5.75 Å². The molecule has 5 nitrogen and oxygen atoms in total. The highest BCUT2D eigenvalue weighted by atomic mass is 16.5. The Morgan fingerprint density at radius 3 is 2.32 bits per heavy atom. The minimum absolute atomic E-state index is 0.191. The van der Waals surface area contributed by atoms with Crippen LogP contribution in [0.3, 0.4) is 0 Å². The third-order valence-electron chi connectivity index (χ3n) is 2.55. The summed E-state index contributed by atoms with van der Waals surface area (Å²) in [4.78, 5) is 22.2. The Kier molecular flexibility index (Phi) is 8.12. The van der Waals surface area contributed by atoms with Gasteiger partial charge in [0.25, 0.3) is 0 Å². The average Bonchev–Trinajstić information content (AvgIpc) is 2.54. The van der Waals surface area contributed by atoms with Crippen molar-refractivity contribution in [3.63, 3.8) is 0 Å². The summed E-state index contributed by atoms with van der Waals surface area (Å²) in [5.41, 5.74) is 0.875. The number of ether oxygens (including phenoxy) is 3. The highest BCUT2D eigenvalue weighted by Crippen LogP contribution is 2.13. The maximum Gasteiger partial charge on any atom is 0.330 e. The number of esters is 2. The van der Waals surface area contributed by atoms with E-state index in [1.807, 2.05) is 31.2 Å². The van der Waals surface area contributed by atoms with Crippen LogP contribution in [0.25, 0.3) is 6.08 Å². The van der Waals surface area contributed by atoms with Crippen molar-refractivity contribution in [3.05, 3.63) is 48.6 Å². The molecule has 0 saturated carbocycles. The molecule has 0 aliphatic carbocycles. The summed E-state index contributed by atoms with van der Waals surface area (Å²) < 4.78 is 15.1. The molecule has 0 bridgehead atoms. The molecular formula is C17H20O5. The zero-order chi connectivity index (χ0) is 16.2. The Hall–Kier alpha value is -2.56. The van der Waals surface area contributed by atoms with E-state index in [9.17, 15) is 9.59 Å². The van der Waals surface area contributed by atoms with E-state index in [4.69, 9.17) is 14.2 Å². The van der Waals surface area contributed by atoms with Gasteiger partial charge in [0.05, 0.1) is 19.8 Å². The van der Waals surface area contributed by atoms with Crippen LogP contribution in [0, 0.1) is 0 Å². The molecule has 1 aromatic rings. The first-order valence-corrected chi connectivity index (χ1v) is 7.02. The van der Waals surface area contributed by atoms with Crippen molar-refractivity contribution < 1.29 is 23.8 Å². The minimum Gasteiger partial charge on any atom is -0.494 e. The first-order valence-electron chi connectivity index (χ1n) is 7.02. The number of carbonyl (C=O) groups excluding carboxylic acids is 2. The van der Waals surface area contributed by atoms with Gasteiger partial charge in [0.1, 0.15) is 5.75 Å². The lowest BCUT2D eigenvalue weighted by Gasteiger charge is -2.03. The lowest BCUT2D eigenvalue weighted by atomic mass is 10.2. The van der Waals surface area contributed by atoms with Gasteiger partial charge >= 0.3 is 11.9 Å². The highest BCUT2D eigenvalue weighted by molar-refractivity contribution is 5.87. The number of hydrogen-bond donors (Lipinski definition) is 0. The van der Waals surface area contributed by atoms with Gasteiger partial charge in [-0.15, -0.1) is 0 Å². The Morgan fingerprint density at radius 2 is 1.73 bits per heavy atom. The summed E-state index contributed by atoms with van der Waals surface area (Å²) in [5.74, 6) is -0.137. The number of hydrogen-bond acceptors (Lipinski definition) is 5. The van der Waals surface area contributed by atoms with Gasteiger partial charge in [-0.1, -0.05) is 18.7 Å². The number of carbonyl (C=O) groups is 2. The molecule has 0 radical (unpaired) electrons. The van der Waals surface area contributed by atoms with E-state index < -0.39 is 11.9 Å². The first kappa shape index (κ1) is 17.5. The van der Waals surface area contributed by atoms with Crippen molar-refractivity contribution >= 4 is 18.0 Å². The summed E-state index contributed by atoms with van der Waals surface area (Å²) in [5, 5.41) is 0. The Bertz CT molecular complexity index is 516. The second-order valence-corrected chi connectivity index (χ2v) is 4.23. The van der Waals surface area contributed by atoms with E-state index in [2.05, 4.69) is 6.58 Å². The fraction of sp³-hybridized carbons (Fsp3) is 0.294. The molecule has 0 unspecified atom stereocenters. The van der Waals surface area contributed by atoms with E-state index >= 15 is 0 Å². The van der Waals surface area contributed by atoms with Crippen LogP contribution in [0.15, 0.2) is 43.0 Å². The quantitative estimate of drug-likeness (QED) is 0.399. The van der Waals surface area contributed by atoms with Crippen molar-refractivity contribution in [3.8, 4) is 5.75 Å². The molecule has 0 N–H and O–H groups in total. The predicted octanol–water partition coefficient (Wildman–Crippen LogP) is 2.76. The molecule has 0 aliphatic heterocycles. The van der Waals surface area contributed by atoms with Crippen LogP contribution in [0.4, 0.5) is 0 Å². The summed E-state index contributed by atoms with van der Waals surface area (Å²) >= 11 is 0. The van der Waals surface area contributed by atoms with Crippen LogP contribution in [-0.2, 0) is 19.1 Å². The lowest BCUT2D eigenvalue weighted by Crippen LogP contribution is -2.07. The van der Waals surface area contributed by atoms with Gasteiger partial charge in [-0.3, -0.25) is 0 Å². The Balaban J connectivity index is 2.26. The topological polar surface area (TPSA) is 61.8 Å². The van der Waals surface area contributed by atoms with E-state index in [0.717, 1.165) is 17.4 Å². The SMILES string of the molecule is C=CC(=O)OCCCOC(=O)/C=C/c1ccc(OCC)cc1. The molecule has 5 heteroatoms. The standard InChI is InChI=1S/C17H20O5/c1-3-16(18)21-12-5-13-22-17(19)11-8-14-6-9-15(10-7-14)20-4-2/h3,6-11H,1,4-5,12-13H2,2H3/b11-8+. The molecule has 0 amide bonds. The summed E-state index contributed by atoms with van der Waals surface area (Å²) in [6.45, 7) is 6.20. The molecule has 0 atom stereocenters. The minimum atomic E-state index is -0.485. The number of rotatable bonds is 9. The molecule has 0 aromatic heterocycles. The highest BCUT2D eigenvalue weighted by Gasteiger charge is 1.99. The molecular weight excluding hydrogens is 284 g/mol. The van der Waals surface area contributed by atoms with E-state index in [-0.39, 0.29) is 13.2 Å². The molecule has 0 saturated heterocycles. The zero-order valence-corrected chi connectivity index (χ0v) is 12.6. The average molecular weight is 304 g/mol. The maximum atomic E-state index is 11.5. The fourth-order valence-corrected chi connectivity index (χ4v) is 1.52. The van der Waals surface area contributed by atoms with Crippen LogP contribution >= 0.6 is 0 Å². The molecule has 1 rings (SSSR count). The Morgan fingerprint density at radius 1 is 1.09 bits per heavy atom. The van der Waals surface area contributed by atoms with Crippen molar-refractivity contribution in [1.29, 1.82) is 0 Å². The van der Waals surface area contributed by atoms with Crippen molar-refractivity contribution in [2.24, 2.45) is 0 Å². The predicted molar refractivity (Wildman–Crippen MR) is 83.4 cm³/mol.